The molecule has 1 amide bonds. The van der Waals surface area contributed by atoms with Gasteiger partial charge in [0.05, 0.1) is 0 Å². The van der Waals surface area contributed by atoms with E-state index in [1.165, 1.54) is 25.7 Å². The smallest absolute Gasteiger partial charge is 0.228 e. The summed E-state index contributed by atoms with van der Waals surface area (Å²) in [4.78, 5) is 15.1. The van der Waals surface area contributed by atoms with Crippen molar-refractivity contribution >= 4 is 5.91 Å². The average molecular weight is 252 g/mol. The second kappa shape index (κ2) is 6.05. The first-order valence-corrected chi connectivity index (χ1v) is 7.69. The number of nitrogens with zero attached hydrogens (tertiary/aromatic N) is 1. The van der Waals surface area contributed by atoms with Gasteiger partial charge in [-0.2, -0.15) is 0 Å². The van der Waals surface area contributed by atoms with Gasteiger partial charge in [0.15, 0.2) is 0 Å². The van der Waals surface area contributed by atoms with Crippen molar-refractivity contribution in [3.8, 4) is 0 Å². The van der Waals surface area contributed by atoms with Crippen LogP contribution in [0.25, 0.3) is 0 Å². The van der Waals surface area contributed by atoms with E-state index in [9.17, 15) is 4.79 Å². The van der Waals surface area contributed by atoms with E-state index >= 15 is 0 Å². The number of likely N-dealkylation sites (tertiary alicyclic amines) is 1. The van der Waals surface area contributed by atoms with E-state index in [0.717, 1.165) is 38.9 Å². The first kappa shape index (κ1) is 13.9. The van der Waals surface area contributed by atoms with Crippen molar-refractivity contribution in [2.24, 2.45) is 5.41 Å². The molecule has 0 aromatic heterocycles. The van der Waals surface area contributed by atoms with Crippen molar-refractivity contribution in [2.75, 3.05) is 19.6 Å². The predicted octanol–water partition coefficient (Wildman–Crippen LogP) is 2.56. The number of carbonyl (C=O) groups is 1. The maximum atomic E-state index is 12.9. The molecule has 2 heterocycles. The molecule has 0 aliphatic carbocycles. The van der Waals surface area contributed by atoms with E-state index in [1.807, 2.05) is 0 Å². The van der Waals surface area contributed by atoms with Crippen molar-refractivity contribution in [3.63, 3.8) is 0 Å². The molecule has 3 heteroatoms. The number of nitrogens with one attached hydrogen (secondary N) is 1. The van der Waals surface area contributed by atoms with Crippen LogP contribution in [0.2, 0.25) is 0 Å². The standard InChI is InChI=1S/C15H28N2O/c1-3-13-7-5-4-6-12-17(13)14(18)15(2)8-10-16-11-9-15/h13,16H,3-12H2,1-2H3. The van der Waals surface area contributed by atoms with Gasteiger partial charge in [0.25, 0.3) is 0 Å². The van der Waals surface area contributed by atoms with Crippen LogP contribution in [0.15, 0.2) is 0 Å². The normalized spacial score (nSPS) is 28.8. The van der Waals surface area contributed by atoms with Crippen LogP contribution in [-0.4, -0.2) is 36.5 Å². The van der Waals surface area contributed by atoms with Crippen LogP contribution >= 0.6 is 0 Å². The molecular formula is C15H28N2O. The largest absolute Gasteiger partial charge is 0.339 e. The number of hydrogen-bond donors (Lipinski definition) is 1. The Morgan fingerprint density at radius 3 is 2.67 bits per heavy atom. The lowest BCUT2D eigenvalue weighted by Gasteiger charge is -2.40. The van der Waals surface area contributed by atoms with E-state index in [0.29, 0.717) is 11.9 Å². The SMILES string of the molecule is CCC1CCCCCN1C(=O)C1(C)CCNCC1. The molecule has 2 rings (SSSR count). The van der Waals surface area contributed by atoms with Gasteiger partial charge in [0.1, 0.15) is 0 Å². The van der Waals surface area contributed by atoms with E-state index in [4.69, 9.17) is 0 Å². The third-order valence-corrected chi connectivity index (χ3v) is 4.83. The number of piperidine rings is 1. The molecule has 3 nitrogen and oxygen atoms in total. The molecule has 1 N–H and O–H groups in total. The summed E-state index contributed by atoms with van der Waals surface area (Å²) in [7, 11) is 0. The molecule has 0 saturated carbocycles. The molecule has 2 saturated heterocycles. The highest BCUT2D eigenvalue weighted by atomic mass is 16.2. The van der Waals surface area contributed by atoms with Gasteiger partial charge in [-0.15, -0.1) is 0 Å². The zero-order valence-corrected chi connectivity index (χ0v) is 12.0. The molecule has 0 aromatic rings. The fourth-order valence-electron chi connectivity index (χ4n) is 3.41. The Kier molecular flexibility index (Phi) is 4.66. The van der Waals surface area contributed by atoms with Gasteiger partial charge in [-0.1, -0.05) is 26.7 Å². The first-order chi connectivity index (χ1) is 8.67. The Labute approximate surface area is 111 Å². The van der Waals surface area contributed by atoms with Crippen LogP contribution in [0.3, 0.4) is 0 Å². The summed E-state index contributed by atoms with van der Waals surface area (Å²) < 4.78 is 0. The van der Waals surface area contributed by atoms with Gasteiger partial charge < -0.3 is 10.2 Å². The van der Waals surface area contributed by atoms with Crippen molar-refractivity contribution in [3.05, 3.63) is 0 Å². The summed E-state index contributed by atoms with van der Waals surface area (Å²) in [5.41, 5.74) is -0.108. The van der Waals surface area contributed by atoms with E-state index in [2.05, 4.69) is 24.1 Å². The molecule has 104 valence electrons. The fourth-order valence-corrected chi connectivity index (χ4v) is 3.41. The van der Waals surface area contributed by atoms with Gasteiger partial charge in [0.2, 0.25) is 5.91 Å². The number of rotatable bonds is 2. The van der Waals surface area contributed by atoms with Crippen LogP contribution in [0.4, 0.5) is 0 Å². The Morgan fingerprint density at radius 1 is 1.28 bits per heavy atom. The van der Waals surface area contributed by atoms with Crippen molar-refractivity contribution < 1.29 is 4.79 Å². The first-order valence-electron chi connectivity index (χ1n) is 7.69. The summed E-state index contributed by atoms with van der Waals surface area (Å²) in [5.74, 6) is 0.428. The minimum absolute atomic E-state index is 0.108. The second-order valence-electron chi connectivity index (χ2n) is 6.22. The zero-order chi connectivity index (χ0) is 13.0. The minimum Gasteiger partial charge on any atom is -0.339 e. The van der Waals surface area contributed by atoms with E-state index < -0.39 is 0 Å². The summed E-state index contributed by atoms with van der Waals surface area (Å²) in [6, 6.07) is 0.492. The lowest BCUT2D eigenvalue weighted by atomic mass is 9.79. The number of hydrogen-bond acceptors (Lipinski definition) is 2. The van der Waals surface area contributed by atoms with Crippen LogP contribution < -0.4 is 5.32 Å². The molecule has 1 unspecified atom stereocenters. The van der Waals surface area contributed by atoms with Gasteiger partial charge in [-0.05, 0) is 45.2 Å². The monoisotopic (exact) mass is 252 g/mol. The highest BCUT2D eigenvalue weighted by molar-refractivity contribution is 5.82. The summed E-state index contributed by atoms with van der Waals surface area (Å²) in [6.07, 6.45) is 8.09. The lowest BCUT2D eigenvalue weighted by molar-refractivity contribution is -0.145. The molecule has 2 fully saturated rings. The molecule has 0 aromatic carbocycles. The molecule has 1 atom stereocenters. The van der Waals surface area contributed by atoms with E-state index in [1.54, 1.807) is 0 Å². The van der Waals surface area contributed by atoms with Crippen LogP contribution in [-0.2, 0) is 4.79 Å². The highest BCUT2D eigenvalue weighted by Gasteiger charge is 2.39. The number of amides is 1. The van der Waals surface area contributed by atoms with E-state index in [-0.39, 0.29) is 5.41 Å². The zero-order valence-electron chi connectivity index (χ0n) is 12.0. The molecular weight excluding hydrogens is 224 g/mol. The van der Waals surface area contributed by atoms with Gasteiger partial charge in [-0.3, -0.25) is 4.79 Å². The average Bonchev–Trinajstić information content (AvgIpc) is 2.63. The minimum atomic E-state index is -0.108. The third kappa shape index (κ3) is 2.87. The van der Waals surface area contributed by atoms with Crippen LogP contribution in [0.1, 0.15) is 58.8 Å². The lowest BCUT2D eigenvalue weighted by Crippen LogP contribution is -2.51. The van der Waals surface area contributed by atoms with Gasteiger partial charge in [-0.25, -0.2) is 0 Å². The van der Waals surface area contributed by atoms with Crippen molar-refractivity contribution in [2.45, 2.75) is 64.8 Å². The number of carbonyl (C=O) groups excluding carboxylic acids is 1. The maximum absolute atomic E-state index is 12.9. The van der Waals surface area contributed by atoms with Crippen LogP contribution in [0, 0.1) is 5.41 Å². The summed E-state index contributed by atoms with van der Waals surface area (Å²) >= 11 is 0. The Hall–Kier alpha value is -0.570. The van der Waals surface area contributed by atoms with Crippen molar-refractivity contribution in [1.82, 2.24) is 10.2 Å². The third-order valence-electron chi connectivity index (χ3n) is 4.83. The summed E-state index contributed by atoms with van der Waals surface area (Å²) in [5, 5.41) is 3.36. The van der Waals surface area contributed by atoms with Gasteiger partial charge >= 0.3 is 0 Å². The Morgan fingerprint density at radius 2 is 2.00 bits per heavy atom. The van der Waals surface area contributed by atoms with Gasteiger partial charge in [0, 0.05) is 18.0 Å². The van der Waals surface area contributed by atoms with Crippen molar-refractivity contribution in [1.29, 1.82) is 0 Å². The molecule has 0 bridgehead atoms. The second-order valence-corrected chi connectivity index (χ2v) is 6.22. The fraction of sp³-hybridized carbons (Fsp3) is 0.933. The Balaban J connectivity index is 2.09. The van der Waals surface area contributed by atoms with Crippen LogP contribution in [0.5, 0.6) is 0 Å². The Bertz CT molecular complexity index is 284. The maximum Gasteiger partial charge on any atom is 0.228 e. The molecule has 0 radical (unpaired) electrons. The molecule has 0 spiro atoms. The molecule has 2 aliphatic rings. The predicted molar refractivity (Wildman–Crippen MR) is 74.5 cm³/mol. The molecule has 2 aliphatic heterocycles. The molecule has 18 heavy (non-hydrogen) atoms. The quantitative estimate of drug-likeness (QED) is 0.819. The topological polar surface area (TPSA) is 32.3 Å². The highest BCUT2D eigenvalue weighted by Crippen LogP contribution is 2.33. The summed E-state index contributed by atoms with van der Waals surface area (Å²) in [6.45, 7) is 7.37.